The van der Waals surface area contributed by atoms with Crippen molar-refractivity contribution in [3.63, 3.8) is 0 Å². The second-order valence-corrected chi connectivity index (χ2v) is 7.46. The number of aromatic nitrogens is 2. The molecule has 2 aliphatic rings. The van der Waals surface area contributed by atoms with E-state index in [1.54, 1.807) is 11.3 Å². The molecule has 5 heteroatoms. The molecule has 5 rings (SSSR count). The molecule has 0 radical (unpaired) electrons. The molecule has 4 nitrogen and oxygen atoms in total. The Labute approximate surface area is 145 Å². The van der Waals surface area contributed by atoms with Crippen LogP contribution in [0.5, 0.6) is 5.75 Å². The highest BCUT2D eigenvalue weighted by molar-refractivity contribution is 7.13. The number of benzene rings is 1. The van der Waals surface area contributed by atoms with Gasteiger partial charge >= 0.3 is 0 Å². The van der Waals surface area contributed by atoms with E-state index >= 15 is 0 Å². The third-order valence-corrected chi connectivity index (χ3v) is 5.80. The highest BCUT2D eigenvalue weighted by Gasteiger charge is 2.23. The molecule has 1 aromatic carbocycles. The molecular weight excluding hydrogens is 318 g/mol. The van der Waals surface area contributed by atoms with Crippen molar-refractivity contribution in [3.8, 4) is 16.3 Å². The minimum Gasteiger partial charge on any atom is -0.493 e. The van der Waals surface area contributed by atoms with E-state index in [2.05, 4.69) is 50.8 Å². The Morgan fingerprint density at radius 1 is 1.25 bits per heavy atom. The van der Waals surface area contributed by atoms with Crippen molar-refractivity contribution in [1.82, 2.24) is 15.1 Å². The van der Waals surface area contributed by atoms with E-state index in [9.17, 15) is 0 Å². The number of ether oxygens (including phenoxy) is 1. The molecule has 0 spiro atoms. The van der Waals surface area contributed by atoms with Crippen LogP contribution in [0, 0.1) is 0 Å². The van der Waals surface area contributed by atoms with Gasteiger partial charge in [0.05, 0.1) is 11.5 Å². The zero-order chi connectivity index (χ0) is 15.9. The van der Waals surface area contributed by atoms with E-state index in [-0.39, 0.29) is 0 Å². The Morgan fingerprint density at radius 3 is 3.17 bits per heavy atom. The lowest BCUT2D eigenvalue weighted by atomic mass is 10.0. The second kappa shape index (κ2) is 5.76. The van der Waals surface area contributed by atoms with E-state index < -0.39 is 0 Å². The minimum absolute atomic E-state index is 0.824. The summed E-state index contributed by atoms with van der Waals surface area (Å²) in [4.78, 5) is 3.77. The molecule has 2 aliphatic heterocycles. The van der Waals surface area contributed by atoms with Crippen LogP contribution < -0.4 is 4.74 Å². The van der Waals surface area contributed by atoms with Crippen molar-refractivity contribution in [3.05, 3.63) is 58.1 Å². The number of rotatable bonds is 3. The Hall–Kier alpha value is -2.11. The smallest absolute Gasteiger partial charge is 0.122 e. The third-order valence-electron chi connectivity index (χ3n) is 4.93. The fourth-order valence-corrected chi connectivity index (χ4v) is 4.44. The van der Waals surface area contributed by atoms with Crippen molar-refractivity contribution in [2.45, 2.75) is 25.9 Å². The van der Waals surface area contributed by atoms with Crippen molar-refractivity contribution in [1.29, 1.82) is 0 Å². The van der Waals surface area contributed by atoms with Crippen molar-refractivity contribution in [2.24, 2.45) is 0 Å². The van der Waals surface area contributed by atoms with Gasteiger partial charge in [0.15, 0.2) is 0 Å². The summed E-state index contributed by atoms with van der Waals surface area (Å²) < 4.78 is 5.61. The third kappa shape index (κ3) is 2.44. The lowest BCUT2D eigenvalue weighted by molar-refractivity contribution is 0.245. The van der Waals surface area contributed by atoms with Crippen LogP contribution in [-0.2, 0) is 25.9 Å². The van der Waals surface area contributed by atoms with Gasteiger partial charge in [0, 0.05) is 43.7 Å². The molecule has 24 heavy (non-hydrogen) atoms. The number of fused-ring (bicyclic) bond motifs is 2. The molecule has 0 aliphatic carbocycles. The number of hydrogen-bond donors (Lipinski definition) is 1. The summed E-state index contributed by atoms with van der Waals surface area (Å²) in [6.45, 7) is 3.85. The lowest BCUT2D eigenvalue weighted by Crippen LogP contribution is -2.30. The number of thiophene rings is 1. The van der Waals surface area contributed by atoms with Crippen molar-refractivity contribution in [2.75, 3.05) is 13.2 Å². The molecule has 4 heterocycles. The summed E-state index contributed by atoms with van der Waals surface area (Å²) in [7, 11) is 0. The Morgan fingerprint density at radius 2 is 2.25 bits per heavy atom. The summed E-state index contributed by atoms with van der Waals surface area (Å²) in [5.41, 5.74) is 6.54. The topological polar surface area (TPSA) is 41.2 Å². The van der Waals surface area contributed by atoms with Crippen LogP contribution in [0.15, 0.2) is 35.7 Å². The number of nitrogens with zero attached hydrogens (tertiary/aromatic N) is 2. The van der Waals surface area contributed by atoms with Gasteiger partial charge in [-0.2, -0.15) is 5.10 Å². The first-order valence-corrected chi connectivity index (χ1v) is 9.32. The monoisotopic (exact) mass is 337 g/mol. The maximum absolute atomic E-state index is 5.61. The van der Waals surface area contributed by atoms with E-state index in [0.717, 1.165) is 50.5 Å². The number of hydrogen-bond acceptors (Lipinski definition) is 4. The van der Waals surface area contributed by atoms with Gasteiger partial charge in [0.2, 0.25) is 0 Å². The largest absolute Gasteiger partial charge is 0.493 e. The zero-order valence-corrected chi connectivity index (χ0v) is 14.2. The van der Waals surface area contributed by atoms with Gasteiger partial charge < -0.3 is 4.74 Å². The van der Waals surface area contributed by atoms with Crippen LogP contribution in [0.25, 0.3) is 10.6 Å². The average molecular weight is 337 g/mol. The van der Waals surface area contributed by atoms with Crippen LogP contribution >= 0.6 is 11.3 Å². The van der Waals surface area contributed by atoms with Gasteiger partial charge in [-0.3, -0.25) is 10.00 Å². The Balaban J connectivity index is 1.38. The first-order valence-electron chi connectivity index (χ1n) is 8.44. The number of aromatic amines is 1. The van der Waals surface area contributed by atoms with Crippen LogP contribution in [0.1, 0.15) is 22.4 Å². The normalized spacial score (nSPS) is 16.7. The Kier molecular flexibility index (Phi) is 3.42. The van der Waals surface area contributed by atoms with E-state index in [1.807, 2.05) is 0 Å². The molecule has 1 N–H and O–H groups in total. The van der Waals surface area contributed by atoms with E-state index in [4.69, 9.17) is 4.74 Å². The van der Waals surface area contributed by atoms with Crippen molar-refractivity contribution >= 4 is 11.3 Å². The van der Waals surface area contributed by atoms with Gasteiger partial charge in [-0.1, -0.05) is 18.2 Å². The molecule has 122 valence electrons. The molecule has 0 saturated carbocycles. The molecule has 0 saturated heterocycles. The standard InChI is InChI=1S/C19H19N3OS/c1-2-18(24-9-1)19-15-12-22(7-5-16(15)20-21-19)11-13-3-4-17-14(10-13)6-8-23-17/h1-4,9-10H,5-8,11-12H2,(H,20,21). The lowest BCUT2D eigenvalue weighted by Gasteiger charge is -2.27. The molecule has 3 aromatic rings. The molecule has 0 amide bonds. The molecule has 2 aromatic heterocycles. The van der Waals surface area contributed by atoms with Crippen LogP contribution in [0.3, 0.4) is 0 Å². The highest BCUT2D eigenvalue weighted by atomic mass is 32.1. The fraction of sp³-hybridized carbons (Fsp3) is 0.316. The predicted molar refractivity (Wildman–Crippen MR) is 95.4 cm³/mol. The van der Waals surface area contributed by atoms with Gasteiger partial charge in [0.1, 0.15) is 11.4 Å². The second-order valence-electron chi connectivity index (χ2n) is 6.51. The average Bonchev–Trinajstić information content (AvgIpc) is 3.34. The van der Waals surface area contributed by atoms with Crippen LogP contribution in [0.4, 0.5) is 0 Å². The molecule has 0 bridgehead atoms. The van der Waals surface area contributed by atoms with Crippen LogP contribution in [0.2, 0.25) is 0 Å². The number of nitrogens with one attached hydrogen (secondary N) is 1. The molecular formula is C19H19N3OS. The van der Waals surface area contributed by atoms with Crippen molar-refractivity contribution < 1.29 is 4.74 Å². The summed E-state index contributed by atoms with van der Waals surface area (Å²) in [6.07, 6.45) is 2.08. The van der Waals surface area contributed by atoms with Gasteiger partial charge in [-0.15, -0.1) is 11.3 Å². The van der Waals surface area contributed by atoms with Gasteiger partial charge in [-0.05, 0) is 28.6 Å². The summed E-state index contributed by atoms with van der Waals surface area (Å²) in [5, 5.41) is 9.93. The zero-order valence-electron chi connectivity index (χ0n) is 13.4. The molecule has 0 atom stereocenters. The molecule has 0 unspecified atom stereocenters. The van der Waals surface area contributed by atoms with Gasteiger partial charge in [0.25, 0.3) is 0 Å². The quantitative estimate of drug-likeness (QED) is 0.793. The minimum atomic E-state index is 0.824. The van der Waals surface area contributed by atoms with Gasteiger partial charge in [-0.25, -0.2) is 0 Å². The maximum atomic E-state index is 5.61. The first kappa shape index (κ1) is 14.3. The molecule has 0 fully saturated rings. The summed E-state index contributed by atoms with van der Waals surface area (Å²) in [5.74, 6) is 1.06. The highest BCUT2D eigenvalue weighted by Crippen LogP contribution is 2.32. The summed E-state index contributed by atoms with van der Waals surface area (Å²) in [6, 6.07) is 10.9. The van der Waals surface area contributed by atoms with Crippen LogP contribution in [-0.4, -0.2) is 28.2 Å². The Bertz CT molecular complexity index is 869. The first-order chi connectivity index (χ1) is 11.9. The fourth-order valence-electron chi connectivity index (χ4n) is 3.70. The number of H-pyrrole nitrogens is 1. The predicted octanol–water partition coefficient (Wildman–Crippen LogP) is 3.63. The maximum Gasteiger partial charge on any atom is 0.122 e. The van der Waals surface area contributed by atoms with E-state index in [0.29, 0.717) is 0 Å². The SMILES string of the molecule is c1csc(-c2n[nH]c3c2CN(Cc2ccc4c(c2)CCO4)CC3)c1. The summed E-state index contributed by atoms with van der Waals surface area (Å²) >= 11 is 1.76. The van der Waals surface area contributed by atoms with E-state index in [1.165, 1.54) is 27.3 Å².